The number of aromatic nitrogens is 7. The van der Waals surface area contributed by atoms with E-state index < -0.39 is 23.5 Å². The molecule has 37 heavy (non-hydrogen) atoms. The fraction of sp³-hybridized carbons (Fsp3) is 0.400. The van der Waals surface area contributed by atoms with Crippen LogP contribution in [0.5, 0.6) is 0 Å². The Balaban J connectivity index is 1.36. The molecule has 4 heterocycles. The minimum absolute atomic E-state index is 0.00259. The Bertz CT molecular complexity index is 1580. The zero-order valence-corrected chi connectivity index (χ0v) is 19.7. The van der Waals surface area contributed by atoms with Gasteiger partial charge in [-0.1, -0.05) is 6.07 Å². The van der Waals surface area contributed by atoms with Crippen LogP contribution < -0.4 is 5.56 Å². The molecule has 0 radical (unpaired) electrons. The van der Waals surface area contributed by atoms with Crippen LogP contribution in [-0.2, 0) is 6.18 Å². The summed E-state index contributed by atoms with van der Waals surface area (Å²) in [6.45, 7) is 1.70. The van der Waals surface area contributed by atoms with E-state index in [0.717, 1.165) is 30.7 Å². The van der Waals surface area contributed by atoms with E-state index in [4.69, 9.17) is 4.98 Å². The van der Waals surface area contributed by atoms with E-state index in [1.165, 1.54) is 23.6 Å². The number of nitriles is 1. The number of fused-ring (bicyclic) bond motifs is 1. The molecule has 2 fully saturated rings. The van der Waals surface area contributed by atoms with Gasteiger partial charge in [0.15, 0.2) is 11.3 Å². The summed E-state index contributed by atoms with van der Waals surface area (Å²) < 4.78 is 40.2. The van der Waals surface area contributed by atoms with Crippen LogP contribution in [0.2, 0.25) is 0 Å². The highest BCUT2D eigenvalue weighted by atomic mass is 19.4. The Kier molecular flexibility index (Phi) is 5.33. The summed E-state index contributed by atoms with van der Waals surface area (Å²) in [5, 5.41) is 13.9. The van der Waals surface area contributed by atoms with Crippen molar-refractivity contribution in [3.05, 3.63) is 75.2 Å². The third-order valence-corrected chi connectivity index (χ3v) is 7.31. The van der Waals surface area contributed by atoms with E-state index in [1.807, 2.05) is 18.5 Å². The first-order valence-corrected chi connectivity index (χ1v) is 12.0. The third kappa shape index (κ3) is 4.04. The average Bonchev–Trinajstić information content (AvgIpc) is 3.63. The second kappa shape index (κ2) is 8.47. The maximum absolute atomic E-state index is 13.1. The third-order valence-electron chi connectivity index (χ3n) is 7.31. The molecular weight excluding hydrogens is 485 g/mol. The van der Waals surface area contributed by atoms with E-state index in [0.29, 0.717) is 23.1 Å². The van der Waals surface area contributed by atoms with Crippen molar-refractivity contribution in [1.29, 1.82) is 5.26 Å². The predicted molar refractivity (Wildman–Crippen MR) is 125 cm³/mol. The predicted octanol–water partition coefficient (Wildman–Crippen LogP) is 4.34. The Morgan fingerprint density at radius 3 is 2.38 bits per heavy atom. The van der Waals surface area contributed by atoms with Gasteiger partial charge in [0.2, 0.25) is 0 Å². The molecule has 1 N–H and O–H groups in total. The van der Waals surface area contributed by atoms with E-state index in [2.05, 4.69) is 25.0 Å². The summed E-state index contributed by atoms with van der Waals surface area (Å²) >= 11 is 0. The minimum Gasteiger partial charge on any atom is -0.310 e. The number of nitrogens with one attached hydrogen (secondary N) is 1. The molecule has 9 nitrogen and oxygen atoms in total. The van der Waals surface area contributed by atoms with Gasteiger partial charge in [-0.05, 0) is 55.7 Å². The van der Waals surface area contributed by atoms with Crippen molar-refractivity contribution in [1.82, 2.24) is 34.7 Å². The Morgan fingerprint density at radius 2 is 1.81 bits per heavy atom. The molecule has 3 atom stereocenters. The number of nitrogens with zero attached hydrogens (tertiary/aromatic N) is 7. The van der Waals surface area contributed by atoms with Gasteiger partial charge in [-0.3, -0.25) is 9.78 Å². The molecule has 4 aromatic heterocycles. The van der Waals surface area contributed by atoms with Gasteiger partial charge in [-0.15, -0.1) is 0 Å². The molecule has 0 unspecified atom stereocenters. The standard InChI is InChI=1S/C25H21F3N8O/c1-12(14-4-7-19(30-9-14)25(26,27)28)36-23-20(18(8-29)35-36)24(37)34-22(33-23)17-6-5-16(17)21-31-10-15(11-32-21)13-2-3-13/h4,7,9-13,16-17H,2-3,5-6H2,1H3,(H,33,34,37)/t12-,16+,17+/m1/s1. The van der Waals surface area contributed by atoms with E-state index >= 15 is 0 Å². The summed E-state index contributed by atoms with van der Waals surface area (Å²) in [6, 6.07) is 3.49. The fourth-order valence-electron chi connectivity index (χ4n) is 4.85. The number of halogens is 3. The molecule has 188 valence electrons. The van der Waals surface area contributed by atoms with E-state index in [-0.39, 0.29) is 28.6 Å². The molecule has 0 aromatic carbocycles. The maximum atomic E-state index is 13.1. The van der Waals surface area contributed by atoms with Crippen LogP contribution in [0.15, 0.2) is 35.5 Å². The largest absolute Gasteiger partial charge is 0.433 e. The lowest BCUT2D eigenvalue weighted by molar-refractivity contribution is -0.141. The number of pyridine rings is 1. The smallest absolute Gasteiger partial charge is 0.310 e. The molecular formula is C25H21F3N8O. The van der Waals surface area contributed by atoms with E-state index in [9.17, 15) is 23.2 Å². The van der Waals surface area contributed by atoms with Gasteiger partial charge in [0.1, 0.15) is 28.8 Å². The van der Waals surface area contributed by atoms with Gasteiger partial charge in [-0.25, -0.2) is 19.6 Å². The molecule has 2 aliphatic rings. The highest BCUT2D eigenvalue weighted by molar-refractivity contribution is 5.80. The second-order valence-electron chi connectivity index (χ2n) is 9.64. The lowest BCUT2D eigenvalue weighted by Crippen LogP contribution is -2.28. The van der Waals surface area contributed by atoms with Crippen molar-refractivity contribution in [2.24, 2.45) is 0 Å². The van der Waals surface area contributed by atoms with Crippen LogP contribution in [0.1, 0.15) is 90.6 Å². The number of hydrogen-bond acceptors (Lipinski definition) is 7. The molecule has 6 rings (SSSR count). The highest BCUT2D eigenvalue weighted by Crippen LogP contribution is 2.47. The lowest BCUT2D eigenvalue weighted by Gasteiger charge is -2.34. The minimum atomic E-state index is -4.56. The molecule has 12 heteroatoms. The fourth-order valence-corrected chi connectivity index (χ4v) is 4.85. The van der Waals surface area contributed by atoms with Gasteiger partial charge < -0.3 is 4.98 Å². The van der Waals surface area contributed by atoms with Gasteiger partial charge in [0, 0.05) is 30.4 Å². The molecule has 2 aliphatic carbocycles. The first-order chi connectivity index (χ1) is 17.7. The van der Waals surface area contributed by atoms with Crippen molar-refractivity contribution in [2.45, 2.75) is 62.6 Å². The average molecular weight is 506 g/mol. The van der Waals surface area contributed by atoms with Crippen LogP contribution >= 0.6 is 0 Å². The summed E-state index contributed by atoms with van der Waals surface area (Å²) in [6.07, 6.45) is 4.28. The van der Waals surface area contributed by atoms with Crippen LogP contribution in [0, 0.1) is 11.3 Å². The first-order valence-electron chi connectivity index (χ1n) is 12.0. The lowest BCUT2D eigenvalue weighted by atomic mass is 9.72. The Morgan fingerprint density at radius 1 is 1.08 bits per heavy atom. The zero-order valence-electron chi connectivity index (χ0n) is 19.7. The summed E-state index contributed by atoms with van der Waals surface area (Å²) in [5.41, 5.74) is 0.163. The molecule has 0 amide bonds. The maximum Gasteiger partial charge on any atom is 0.433 e. The van der Waals surface area contributed by atoms with Gasteiger partial charge in [-0.2, -0.15) is 23.5 Å². The normalized spacial score (nSPS) is 20.4. The van der Waals surface area contributed by atoms with E-state index in [1.54, 1.807) is 6.92 Å². The van der Waals surface area contributed by atoms with Crippen molar-refractivity contribution >= 4 is 11.0 Å². The van der Waals surface area contributed by atoms with Crippen molar-refractivity contribution in [3.63, 3.8) is 0 Å². The van der Waals surface area contributed by atoms with Crippen molar-refractivity contribution in [2.75, 3.05) is 0 Å². The van der Waals surface area contributed by atoms with Crippen molar-refractivity contribution in [3.8, 4) is 6.07 Å². The summed E-state index contributed by atoms with van der Waals surface area (Å²) in [4.78, 5) is 33.2. The monoisotopic (exact) mass is 506 g/mol. The topological polar surface area (TPSA) is 126 Å². The SMILES string of the molecule is C[C@H](c1ccc(C(F)(F)F)nc1)n1nc(C#N)c2c(=O)[nH]c([C@H]3CC[C@@H]3c3ncc(C4CC4)cn3)nc21. The summed E-state index contributed by atoms with van der Waals surface area (Å²) in [7, 11) is 0. The second-order valence-corrected chi connectivity index (χ2v) is 9.64. The van der Waals surface area contributed by atoms with Crippen LogP contribution in [0.3, 0.4) is 0 Å². The zero-order chi connectivity index (χ0) is 25.9. The van der Waals surface area contributed by atoms with Gasteiger partial charge >= 0.3 is 6.18 Å². The molecule has 4 aromatic rings. The summed E-state index contributed by atoms with van der Waals surface area (Å²) in [5.74, 6) is 1.60. The number of hydrogen-bond donors (Lipinski definition) is 1. The number of rotatable bonds is 5. The van der Waals surface area contributed by atoms with Gasteiger partial charge in [0.05, 0.1) is 6.04 Å². The van der Waals surface area contributed by atoms with Gasteiger partial charge in [0.25, 0.3) is 5.56 Å². The first kappa shape index (κ1) is 23.3. The molecule has 0 saturated heterocycles. The molecule has 0 spiro atoms. The van der Waals surface area contributed by atoms with Crippen LogP contribution in [-0.4, -0.2) is 34.7 Å². The molecule has 2 saturated carbocycles. The Labute approximate surface area is 208 Å². The molecule has 0 bridgehead atoms. The Hall–Kier alpha value is -4.14. The van der Waals surface area contributed by atoms with Crippen LogP contribution in [0.25, 0.3) is 11.0 Å². The number of H-pyrrole nitrogens is 1. The highest BCUT2D eigenvalue weighted by Gasteiger charge is 2.38. The van der Waals surface area contributed by atoms with Crippen molar-refractivity contribution < 1.29 is 13.2 Å². The number of alkyl halides is 3. The molecule has 0 aliphatic heterocycles. The van der Waals surface area contributed by atoms with Crippen LogP contribution in [0.4, 0.5) is 13.2 Å². The number of aromatic amines is 1. The quantitative estimate of drug-likeness (QED) is 0.427.